The average Bonchev–Trinajstić information content (AvgIpc) is 2.46. The van der Waals surface area contributed by atoms with Crippen LogP contribution in [0.4, 0.5) is 5.69 Å². The summed E-state index contributed by atoms with van der Waals surface area (Å²) in [6.45, 7) is 8.13. The Morgan fingerprint density at radius 1 is 1.26 bits per heavy atom. The van der Waals surface area contributed by atoms with Crippen molar-refractivity contribution in [3.8, 4) is 0 Å². The Morgan fingerprint density at radius 3 is 2.52 bits per heavy atom. The van der Waals surface area contributed by atoms with Crippen LogP contribution in [0.2, 0.25) is 0 Å². The third kappa shape index (κ3) is 3.92. The molecule has 2 N–H and O–H groups in total. The number of amides is 1. The van der Waals surface area contributed by atoms with Gasteiger partial charge in [0.2, 0.25) is 5.91 Å². The monoisotopic (exact) mass is 317 g/mol. The van der Waals surface area contributed by atoms with E-state index in [0.717, 1.165) is 18.4 Å². The number of aromatic carboxylic acids is 1. The maximum Gasteiger partial charge on any atom is 0.337 e. The molecule has 4 nitrogen and oxygen atoms in total. The first kappa shape index (κ1) is 17.5. The first-order valence-corrected chi connectivity index (χ1v) is 8.45. The van der Waals surface area contributed by atoms with Crippen LogP contribution in [-0.4, -0.2) is 17.0 Å². The molecule has 1 aromatic carbocycles. The van der Waals surface area contributed by atoms with Crippen LogP contribution >= 0.6 is 0 Å². The van der Waals surface area contributed by atoms with Gasteiger partial charge < -0.3 is 10.4 Å². The molecule has 1 aromatic rings. The summed E-state index contributed by atoms with van der Waals surface area (Å²) < 4.78 is 0. The first-order valence-electron chi connectivity index (χ1n) is 8.45. The van der Waals surface area contributed by atoms with Gasteiger partial charge in [-0.2, -0.15) is 0 Å². The summed E-state index contributed by atoms with van der Waals surface area (Å²) in [7, 11) is 0. The molecule has 3 unspecified atom stereocenters. The third-order valence-corrected chi connectivity index (χ3v) is 5.05. The zero-order valence-corrected chi connectivity index (χ0v) is 14.4. The lowest BCUT2D eigenvalue weighted by atomic mass is 9.67. The molecule has 3 atom stereocenters. The Hall–Kier alpha value is -1.84. The van der Waals surface area contributed by atoms with E-state index < -0.39 is 5.97 Å². The second kappa shape index (κ2) is 7.16. The molecule has 2 rings (SSSR count). The molecule has 0 heterocycles. The number of carboxylic acids is 1. The van der Waals surface area contributed by atoms with Crippen LogP contribution in [0.1, 0.15) is 68.8 Å². The zero-order valence-electron chi connectivity index (χ0n) is 14.4. The van der Waals surface area contributed by atoms with E-state index in [2.05, 4.69) is 26.1 Å². The molecule has 1 saturated carbocycles. The summed E-state index contributed by atoms with van der Waals surface area (Å²) in [6, 6.07) is 5.34. The molecule has 0 spiro atoms. The Kier molecular flexibility index (Phi) is 5.45. The lowest BCUT2D eigenvalue weighted by Crippen LogP contribution is -2.27. The molecule has 1 fully saturated rings. The highest BCUT2D eigenvalue weighted by molar-refractivity contribution is 6.01. The molecule has 4 heteroatoms. The molecule has 126 valence electrons. The maximum atomic E-state index is 11.6. The van der Waals surface area contributed by atoms with Crippen molar-refractivity contribution in [3.05, 3.63) is 29.3 Å². The number of para-hydroxylation sites is 1. The van der Waals surface area contributed by atoms with Gasteiger partial charge in [-0.3, -0.25) is 4.79 Å². The first-order chi connectivity index (χ1) is 10.8. The zero-order chi connectivity index (χ0) is 17.1. The van der Waals surface area contributed by atoms with Gasteiger partial charge in [-0.1, -0.05) is 39.3 Å². The number of hydrogen-bond donors (Lipinski definition) is 2. The fourth-order valence-corrected chi connectivity index (χ4v) is 3.93. The predicted octanol–water partition coefficient (Wildman–Crippen LogP) is 4.52. The van der Waals surface area contributed by atoms with Crippen LogP contribution < -0.4 is 5.32 Å². The van der Waals surface area contributed by atoms with Gasteiger partial charge in [0, 0.05) is 6.92 Å². The summed E-state index contributed by atoms with van der Waals surface area (Å²) >= 11 is 0. The average molecular weight is 317 g/mol. The second-order valence-electron chi connectivity index (χ2n) is 7.19. The van der Waals surface area contributed by atoms with E-state index in [4.69, 9.17) is 0 Å². The summed E-state index contributed by atoms with van der Waals surface area (Å²) in [5, 5.41) is 12.3. The van der Waals surface area contributed by atoms with E-state index in [-0.39, 0.29) is 11.5 Å². The molecule has 0 radical (unpaired) electrons. The number of carbonyl (C=O) groups excluding carboxylic acids is 1. The van der Waals surface area contributed by atoms with Crippen LogP contribution in [-0.2, 0) is 4.79 Å². The fourth-order valence-electron chi connectivity index (χ4n) is 3.93. The number of nitrogens with one attached hydrogen (secondary N) is 1. The summed E-state index contributed by atoms with van der Waals surface area (Å²) in [5.74, 6) is 0.730. The molecule has 23 heavy (non-hydrogen) atoms. The minimum Gasteiger partial charge on any atom is -0.478 e. The van der Waals surface area contributed by atoms with Crippen LogP contribution in [0.15, 0.2) is 18.2 Å². The maximum absolute atomic E-state index is 11.6. The number of carbonyl (C=O) groups is 2. The Bertz CT molecular complexity index is 594. The van der Waals surface area contributed by atoms with E-state index in [1.165, 1.54) is 13.3 Å². The van der Waals surface area contributed by atoms with Crippen molar-refractivity contribution in [3.63, 3.8) is 0 Å². The van der Waals surface area contributed by atoms with Crippen molar-refractivity contribution in [2.45, 2.75) is 52.9 Å². The van der Waals surface area contributed by atoms with Crippen molar-refractivity contribution < 1.29 is 14.7 Å². The summed E-state index contributed by atoms with van der Waals surface area (Å²) in [4.78, 5) is 23.2. The predicted molar refractivity (Wildman–Crippen MR) is 91.8 cm³/mol. The molecule has 1 aliphatic carbocycles. The molecule has 1 amide bonds. The Labute approximate surface area is 138 Å². The number of rotatable bonds is 4. The minimum atomic E-state index is -0.999. The molecular formula is C19H27NO3. The largest absolute Gasteiger partial charge is 0.478 e. The van der Waals surface area contributed by atoms with E-state index in [9.17, 15) is 14.7 Å². The Morgan fingerprint density at radius 2 is 1.96 bits per heavy atom. The number of hydrogen-bond acceptors (Lipinski definition) is 2. The van der Waals surface area contributed by atoms with E-state index >= 15 is 0 Å². The number of benzene rings is 1. The lowest BCUT2D eigenvalue weighted by Gasteiger charge is -2.38. The van der Waals surface area contributed by atoms with Gasteiger partial charge in [-0.05, 0) is 48.1 Å². The highest BCUT2D eigenvalue weighted by atomic mass is 16.4. The van der Waals surface area contributed by atoms with Gasteiger partial charge >= 0.3 is 5.97 Å². The smallest absolute Gasteiger partial charge is 0.337 e. The van der Waals surface area contributed by atoms with E-state index in [1.807, 2.05) is 6.07 Å². The third-order valence-electron chi connectivity index (χ3n) is 5.05. The van der Waals surface area contributed by atoms with Gasteiger partial charge in [0.25, 0.3) is 0 Å². The van der Waals surface area contributed by atoms with Gasteiger partial charge in [-0.15, -0.1) is 0 Å². The van der Waals surface area contributed by atoms with Gasteiger partial charge in [-0.25, -0.2) is 4.79 Å². The minimum absolute atomic E-state index is 0.179. The number of anilines is 1. The highest BCUT2D eigenvalue weighted by Gasteiger charge is 2.34. The lowest BCUT2D eigenvalue weighted by molar-refractivity contribution is -0.114. The van der Waals surface area contributed by atoms with Crippen LogP contribution in [0.3, 0.4) is 0 Å². The fraction of sp³-hybridized carbons (Fsp3) is 0.579. The van der Waals surface area contributed by atoms with Crippen molar-refractivity contribution in [1.29, 1.82) is 0 Å². The molecule has 0 saturated heterocycles. The van der Waals surface area contributed by atoms with Crippen LogP contribution in [0.25, 0.3) is 0 Å². The summed E-state index contributed by atoms with van der Waals surface area (Å²) in [5.41, 5.74) is 1.64. The van der Waals surface area contributed by atoms with Crippen LogP contribution in [0, 0.1) is 17.8 Å². The number of carboxylic acid groups (broad SMARTS) is 1. The van der Waals surface area contributed by atoms with Gasteiger partial charge in [0.05, 0.1) is 11.3 Å². The van der Waals surface area contributed by atoms with Crippen molar-refractivity contribution in [2.75, 3.05) is 5.32 Å². The van der Waals surface area contributed by atoms with Gasteiger partial charge in [0.15, 0.2) is 0 Å². The van der Waals surface area contributed by atoms with Crippen LogP contribution in [0.5, 0.6) is 0 Å². The molecule has 0 bridgehead atoms. The Balaban J connectivity index is 2.52. The quantitative estimate of drug-likeness (QED) is 0.858. The van der Waals surface area contributed by atoms with Crippen molar-refractivity contribution in [2.24, 2.45) is 17.8 Å². The molecular weight excluding hydrogens is 290 g/mol. The van der Waals surface area contributed by atoms with E-state index in [1.54, 1.807) is 12.1 Å². The van der Waals surface area contributed by atoms with Crippen molar-refractivity contribution in [1.82, 2.24) is 0 Å². The topological polar surface area (TPSA) is 66.4 Å². The molecule has 0 aliphatic heterocycles. The normalized spacial score (nSPS) is 24.5. The van der Waals surface area contributed by atoms with Gasteiger partial charge in [0.1, 0.15) is 0 Å². The molecule has 1 aliphatic rings. The SMILES string of the molecule is CC(=O)Nc1c(C(=O)O)cccc1C1CC(C)CCC1C(C)C. The highest BCUT2D eigenvalue weighted by Crippen LogP contribution is 2.46. The van der Waals surface area contributed by atoms with E-state index in [0.29, 0.717) is 29.4 Å². The molecule has 0 aromatic heterocycles. The van der Waals surface area contributed by atoms with Crippen molar-refractivity contribution >= 4 is 17.6 Å². The standard InChI is InChI=1S/C19H27NO3/c1-11(2)14-9-8-12(3)10-17(14)15-6-5-7-16(19(22)23)18(15)20-13(4)21/h5-7,11-12,14,17H,8-10H2,1-4H3,(H,20,21)(H,22,23). The second-order valence-corrected chi connectivity index (χ2v) is 7.19. The summed E-state index contributed by atoms with van der Waals surface area (Å²) in [6.07, 6.45) is 3.41.